The summed E-state index contributed by atoms with van der Waals surface area (Å²) in [6, 6.07) is 5.09. The highest BCUT2D eigenvalue weighted by Crippen LogP contribution is 2.23. The summed E-state index contributed by atoms with van der Waals surface area (Å²) in [6.45, 7) is 5.81. The lowest BCUT2D eigenvalue weighted by molar-refractivity contribution is 0.241. The van der Waals surface area contributed by atoms with E-state index >= 15 is 0 Å². The summed E-state index contributed by atoms with van der Waals surface area (Å²) in [5.41, 5.74) is 2.24. The Hall–Kier alpha value is -3.16. The quantitative estimate of drug-likeness (QED) is 0.743. The van der Waals surface area contributed by atoms with Crippen LogP contribution in [0.1, 0.15) is 19.5 Å². The molecule has 0 fully saturated rings. The number of nitrogens with one attached hydrogen (secondary N) is 1. The van der Waals surface area contributed by atoms with Crippen molar-refractivity contribution in [2.75, 3.05) is 5.32 Å². The molecule has 0 aliphatic rings. The summed E-state index contributed by atoms with van der Waals surface area (Å²) in [7, 11) is 0. The molecule has 0 aromatic carbocycles. The Bertz CT molecular complexity index is 846. The van der Waals surface area contributed by atoms with E-state index < -0.39 is 0 Å². The number of aromatic nitrogens is 5. The molecular weight excluding hydrogens is 308 g/mol. The van der Waals surface area contributed by atoms with Gasteiger partial charge in [0.2, 0.25) is 11.8 Å². The zero-order valence-electron chi connectivity index (χ0n) is 13.6. The molecule has 0 amide bonds. The van der Waals surface area contributed by atoms with E-state index in [0.29, 0.717) is 17.4 Å². The Balaban J connectivity index is 1.82. The molecule has 3 rings (SSSR count). The van der Waals surface area contributed by atoms with Gasteiger partial charge in [-0.2, -0.15) is 4.98 Å². The number of ether oxygens (including phenoxy) is 1. The zero-order valence-corrected chi connectivity index (χ0v) is 13.6. The van der Waals surface area contributed by atoms with Gasteiger partial charge in [0, 0.05) is 18.3 Å². The number of hydrogen-bond donors (Lipinski definition) is 2. The molecule has 0 spiro atoms. The Morgan fingerprint density at radius 1 is 1.21 bits per heavy atom. The Kier molecular flexibility index (Phi) is 4.28. The van der Waals surface area contributed by atoms with Crippen molar-refractivity contribution in [3.8, 4) is 17.3 Å². The van der Waals surface area contributed by atoms with Gasteiger partial charge < -0.3 is 15.2 Å². The molecule has 0 radical (unpaired) electrons. The van der Waals surface area contributed by atoms with Crippen LogP contribution in [0.15, 0.2) is 36.9 Å². The highest BCUT2D eigenvalue weighted by Gasteiger charge is 2.08. The minimum absolute atomic E-state index is 0.0686. The zero-order chi connectivity index (χ0) is 17.1. The van der Waals surface area contributed by atoms with E-state index in [0.717, 1.165) is 11.4 Å². The first-order valence-electron chi connectivity index (χ1n) is 7.48. The molecule has 24 heavy (non-hydrogen) atoms. The first kappa shape index (κ1) is 15.7. The summed E-state index contributed by atoms with van der Waals surface area (Å²) in [4.78, 5) is 12.3. The van der Waals surface area contributed by atoms with Crippen LogP contribution >= 0.6 is 0 Å². The highest BCUT2D eigenvalue weighted by molar-refractivity contribution is 5.58. The molecule has 124 valence electrons. The predicted molar refractivity (Wildman–Crippen MR) is 88.8 cm³/mol. The van der Waals surface area contributed by atoms with Crippen molar-refractivity contribution < 1.29 is 9.84 Å². The lowest BCUT2D eigenvalue weighted by Gasteiger charge is -2.12. The van der Waals surface area contributed by atoms with E-state index in [1.165, 1.54) is 12.3 Å². The minimum Gasteiger partial charge on any atom is -0.493 e. The normalized spacial score (nSPS) is 10.8. The average molecular weight is 326 g/mol. The van der Waals surface area contributed by atoms with Crippen molar-refractivity contribution >= 4 is 11.6 Å². The third-order valence-corrected chi connectivity index (χ3v) is 3.17. The smallest absolute Gasteiger partial charge is 0.247 e. The average Bonchev–Trinajstić information content (AvgIpc) is 2.99. The van der Waals surface area contributed by atoms with E-state index in [4.69, 9.17) is 4.74 Å². The lowest BCUT2D eigenvalue weighted by Crippen LogP contribution is -2.07. The fraction of sp³-hybridized carbons (Fsp3) is 0.250. The Labute approximate surface area is 139 Å². The maximum absolute atomic E-state index is 9.44. The second-order valence-corrected chi connectivity index (χ2v) is 5.48. The van der Waals surface area contributed by atoms with Gasteiger partial charge in [0.25, 0.3) is 0 Å². The summed E-state index contributed by atoms with van der Waals surface area (Å²) in [5.74, 6) is 1.02. The maximum atomic E-state index is 9.44. The van der Waals surface area contributed by atoms with Gasteiger partial charge >= 0.3 is 0 Å². The van der Waals surface area contributed by atoms with Crippen molar-refractivity contribution in [1.29, 1.82) is 0 Å². The molecule has 0 saturated heterocycles. The fourth-order valence-corrected chi connectivity index (χ4v) is 2.09. The third kappa shape index (κ3) is 3.60. The van der Waals surface area contributed by atoms with E-state index in [-0.39, 0.29) is 12.0 Å². The molecule has 8 nitrogen and oxygen atoms in total. The monoisotopic (exact) mass is 326 g/mol. The minimum atomic E-state index is -0.0731. The van der Waals surface area contributed by atoms with Crippen molar-refractivity contribution in [1.82, 2.24) is 24.7 Å². The van der Waals surface area contributed by atoms with Crippen LogP contribution in [0, 0.1) is 6.92 Å². The Morgan fingerprint density at radius 3 is 2.79 bits per heavy atom. The number of aryl methyl sites for hydroxylation is 1. The SMILES string of the molecule is Cc1ncc(OC(C)C)cc1Nc1ncn(-c2ccnc(O)c2)n1. The van der Waals surface area contributed by atoms with Crippen molar-refractivity contribution in [3.05, 3.63) is 42.6 Å². The number of anilines is 2. The molecule has 2 N–H and O–H groups in total. The molecule has 0 atom stereocenters. The number of pyridine rings is 2. The molecule has 0 aliphatic carbocycles. The molecule has 0 aliphatic heterocycles. The summed E-state index contributed by atoms with van der Waals surface area (Å²) >= 11 is 0. The van der Waals surface area contributed by atoms with Crippen LogP contribution in [-0.4, -0.2) is 35.9 Å². The van der Waals surface area contributed by atoms with Crippen molar-refractivity contribution in [3.63, 3.8) is 0 Å². The molecule has 3 aromatic heterocycles. The largest absolute Gasteiger partial charge is 0.493 e. The molecule has 3 aromatic rings. The van der Waals surface area contributed by atoms with Crippen LogP contribution in [0.3, 0.4) is 0 Å². The number of aromatic hydroxyl groups is 1. The molecule has 0 saturated carbocycles. The van der Waals surface area contributed by atoms with Crippen LogP contribution in [-0.2, 0) is 0 Å². The van der Waals surface area contributed by atoms with E-state index in [9.17, 15) is 5.11 Å². The van der Waals surface area contributed by atoms with Gasteiger partial charge in [-0.05, 0) is 26.8 Å². The van der Waals surface area contributed by atoms with Gasteiger partial charge in [0.15, 0.2) is 0 Å². The van der Waals surface area contributed by atoms with Gasteiger partial charge in [-0.25, -0.2) is 9.67 Å². The standard InChI is InChI=1S/C16H18N6O2/c1-10(2)24-13-7-14(11(3)18-8-13)20-16-19-9-22(21-16)12-4-5-17-15(23)6-12/h4-10H,1-3H3,(H,17,23)(H,20,21). The first-order chi connectivity index (χ1) is 11.5. The van der Waals surface area contributed by atoms with Crippen LogP contribution in [0.4, 0.5) is 11.6 Å². The van der Waals surface area contributed by atoms with Gasteiger partial charge in [0.1, 0.15) is 12.1 Å². The first-order valence-corrected chi connectivity index (χ1v) is 7.48. The molecule has 0 bridgehead atoms. The molecular formula is C16H18N6O2. The third-order valence-electron chi connectivity index (χ3n) is 3.17. The molecule has 3 heterocycles. The van der Waals surface area contributed by atoms with Gasteiger partial charge in [-0.3, -0.25) is 4.98 Å². The Morgan fingerprint density at radius 2 is 2.04 bits per heavy atom. The van der Waals surface area contributed by atoms with Crippen LogP contribution < -0.4 is 10.1 Å². The second-order valence-electron chi connectivity index (χ2n) is 5.48. The van der Waals surface area contributed by atoms with E-state index in [1.807, 2.05) is 26.8 Å². The van der Waals surface area contributed by atoms with E-state index in [1.54, 1.807) is 23.3 Å². The highest BCUT2D eigenvalue weighted by atomic mass is 16.5. The van der Waals surface area contributed by atoms with Gasteiger partial charge in [-0.1, -0.05) is 0 Å². The molecule has 8 heteroatoms. The van der Waals surface area contributed by atoms with Crippen molar-refractivity contribution in [2.24, 2.45) is 0 Å². The predicted octanol–water partition coefficient (Wildman–Crippen LogP) is 2.60. The van der Waals surface area contributed by atoms with Crippen LogP contribution in [0.2, 0.25) is 0 Å². The fourth-order valence-electron chi connectivity index (χ4n) is 2.09. The van der Waals surface area contributed by atoms with Gasteiger partial charge in [-0.15, -0.1) is 5.10 Å². The van der Waals surface area contributed by atoms with Crippen LogP contribution in [0.5, 0.6) is 11.6 Å². The second kappa shape index (κ2) is 6.53. The lowest BCUT2D eigenvalue weighted by atomic mass is 10.3. The van der Waals surface area contributed by atoms with E-state index in [2.05, 4.69) is 25.4 Å². The summed E-state index contributed by atoms with van der Waals surface area (Å²) in [6.07, 6.45) is 4.81. The van der Waals surface area contributed by atoms with Crippen LogP contribution in [0.25, 0.3) is 5.69 Å². The summed E-state index contributed by atoms with van der Waals surface area (Å²) in [5, 5.41) is 16.9. The maximum Gasteiger partial charge on any atom is 0.247 e. The molecule has 0 unspecified atom stereocenters. The number of nitrogens with zero attached hydrogens (tertiary/aromatic N) is 5. The number of hydrogen-bond acceptors (Lipinski definition) is 7. The van der Waals surface area contributed by atoms with Gasteiger partial charge in [0.05, 0.1) is 29.4 Å². The topological polar surface area (TPSA) is 98.0 Å². The number of rotatable bonds is 5. The van der Waals surface area contributed by atoms with Crippen molar-refractivity contribution in [2.45, 2.75) is 26.9 Å². The summed E-state index contributed by atoms with van der Waals surface area (Å²) < 4.78 is 7.19.